The summed E-state index contributed by atoms with van der Waals surface area (Å²) in [7, 11) is 0. The molecule has 0 amide bonds. The Hall–Kier alpha value is -2.19. The number of carbonyl (C=O) groups excluding carboxylic acids is 4. The Morgan fingerprint density at radius 2 is 0.708 bits per heavy atom. The first-order chi connectivity index (χ1) is 31.0. The first-order valence-electron chi connectivity index (χ1n) is 25.1. The molecule has 2 rings (SSSR count). The molecule has 0 bridgehead atoms. The van der Waals surface area contributed by atoms with Crippen LogP contribution in [0.15, 0.2) is 60.7 Å². The normalized spacial score (nSPS) is 12.7. The number of ether oxygens (including phenoxy) is 4. The van der Waals surface area contributed by atoms with Gasteiger partial charge in [-0.15, -0.1) is 0 Å². The second-order valence-corrected chi connectivity index (χ2v) is 17.5. The van der Waals surface area contributed by atoms with E-state index in [-0.39, 0.29) is 98.1 Å². The third-order valence-electron chi connectivity index (χ3n) is 11.5. The number of carboxylic acids is 2. The van der Waals surface area contributed by atoms with E-state index in [1.807, 2.05) is 36.4 Å². The van der Waals surface area contributed by atoms with Crippen LogP contribution in [0.5, 0.6) is 0 Å². The largest absolute Gasteiger partial charge is 2.00 e. The van der Waals surface area contributed by atoms with Crippen molar-refractivity contribution in [1.29, 1.82) is 0 Å². The molecule has 0 aliphatic rings. The molecule has 0 saturated carbocycles. The van der Waals surface area contributed by atoms with Crippen molar-refractivity contribution in [2.24, 2.45) is 0 Å². The van der Waals surface area contributed by atoms with Crippen LogP contribution >= 0.6 is 0 Å². The average molecular weight is 1030 g/mol. The molecule has 0 aliphatic carbocycles. The summed E-state index contributed by atoms with van der Waals surface area (Å²) in [5, 5.41) is 21.5. The number of carbonyl (C=O) groups is 4. The molecule has 2 aromatic rings. The number of rotatable bonds is 40. The van der Waals surface area contributed by atoms with Crippen LogP contribution in [0.3, 0.4) is 0 Å². The number of aliphatic carboxylic acids is 2. The van der Waals surface area contributed by atoms with E-state index in [0.717, 1.165) is 51.4 Å². The zero-order chi connectivity index (χ0) is 46.9. The van der Waals surface area contributed by atoms with Crippen molar-refractivity contribution in [2.75, 3.05) is 0 Å². The van der Waals surface area contributed by atoms with Gasteiger partial charge in [0.1, 0.15) is 12.2 Å². The van der Waals surface area contributed by atoms with E-state index in [2.05, 4.69) is 38.1 Å². The maximum absolute atomic E-state index is 11.3. The van der Waals surface area contributed by atoms with Crippen molar-refractivity contribution < 1.29 is 48.3 Å². The molecule has 10 nitrogen and oxygen atoms in total. The van der Waals surface area contributed by atoms with Crippen molar-refractivity contribution in [2.45, 2.75) is 245 Å². The Labute approximate surface area is 434 Å². The van der Waals surface area contributed by atoms with Gasteiger partial charge < -0.3 is 38.7 Å². The van der Waals surface area contributed by atoms with Crippen molar-refractivity contribution in [3.05, 3.63) is 71.8 Å². The van der Waals surface area contributed by atoms with Gasteiger partial charge >= 0.3 is 60.8 Å². The summed E-state index contributed by atoms with van der Waals surface area (Å²) in [6.07, 6.45) is 27.4. The van der Waals surface area contributed by atoms with Gasteiger partial charge in [-0.2, -0.15) is 0 Å². The molecule has 11 heteroatoms. The first kappa shape index (κ1) is 62.8. The summed E-state index contributed by atoms with van der Waals surface area (Å²) < 4.78 is 23.1. The van der Waals surface area contributed by atoms with Crippen LogP contribution in [0.1, 0.15) is 219 Å². The van der Waals surface area contributed by atoms with E-state index in [0.29, 0.717) is 38.9 Å². The van der Waals surface area contributed by atoms with Gasteiger partial charge in [-0.25, -0.2) is 0 Å². The predicted molar refractivity (Wildman–Crippen MR) is 258 cm³/mol. The van der Waals surface area contributed by atoms with E-state index < -0.39 is 11.9 Å². The number of benzene rings is 2. The monoisotopic (exact) mass is 1030 g/mol. The van der Waals surface area contributed by atoms with Crippen LogP contribution in [-0.2, 0) is 51.3 Å². The van der Waals surface area contributed by atoms with Gasteiger partial charge in [0.2, 0.25) is 0 Å². The SMILES string of the molecule is CCCCCCCCCCC(CCCC(CCC(=O)[O-])OC(C)=O)OCc1ccccc1.CCCCCCCCCCC(CCCC(CCC(=O)[O-])OC(C)=O)OCc1ccccc1.[Ba+2]. The summed E-state index contributed by atoms with van der Waals surface area (Å²) >= 11 is 0. The van der Waals surface area contributed by atoms with Gasteiger partial charge in [0.25, 0.3) is 0 Å². The third kappa shape index (κ3) is 40.6. The molecule has 0 aliphatic heterocycles. The minimum absolute atomic E-state index is 0. The molecule has 4 unspecified atom stereocenters. The first-order valence-corrected chi connectivity index (χ1v) is 25.1. The quantitative estimate of drug-likeness (QED) is 0.0358. The van der Waals surface area contributed by atoms with Gasteiger partial charge in [-0.05, 0) is 88.2 Å². The summed E-state index contributed by atoms with van der Waals surface area (Å²) in [5.74, 6) is -2.96. The van der Waals surface area contributed by atoms with E-state index in [1.165, 1.54) is 115 Å². The zero-order valence-corrected chi connectivity index (χ0v) is 45.5. The minimum atomic E-state index is -1.11. The summed E-state index contributed by atoms with van der Waals surface area (Å²) in [5.41, 5.74) is 2.33. The summed E-state index contributed by atoms with van der Waals surface area (Å²) in [6, 6.07) is 20.4. The summed E-state index contributed by atoms with van der Waals surface area (Å²) in [6.45, 7) is 8.40. The zero-order valence-electron chi connectivity index (χ0n) is 41.1. The van der Waals surface area contributed by atoms with Crippen molar-refractivity contribution >= 4 is 72.8 Å². The molecule has 0 spiro atoms. The summed E-state index contributed by atoms with van der Waals surface area (Å²) in [4.78, 5) is 44.2. The maximum Gasteiger partial charge on any atom is 2.00 e. The number of hydrogen-bond acceptors (Lipinski definition) is 10. The Bertz CT molecular complexity index is 1320. The van der Waals surface area contributed by atoms with E-state index in [1.54, 1.807) is 0 Å². The standard InChI is InChI=1S/2C27H44O5.Ba/c2*1-3-4-5-6-7-8-9-13-17-25(31-22-24-15-11-10-12-16-24)18-14-19-26(32-23(2)28)20-21-27(29)30;/h2*10-12,15-16,25-26H,3-9,13-14,17-22H2,1-2H3,(H,29,30);/q;;+2/p-2. The molecule has 364 valence electrons. The fraction of sp³-hybridized carbons (Fsp3) is 0.704. The fourth-order valence-corrected chi connectivity index (χ4v) is 7.91. The predicted octanol–water partition coefficient (Wildman–Crippen LogP) is 11.1. The molecular formula is C54H86BaO10. The minimum Gasteiger partial charge on any atom is -0.550 e. The average Bonchev–Trinajstić information content (AvgIpc) is 3.27. The van der Waals surface area contributed by atoms with Crippen molar-refractivity contribution in [1.82, 2.24) is 0 Å². The molecule has 4 atom stereocenters. The number of carboxylic acid groups (broad SMARTS) is 2. The van der Waals surface area contributed by atoms with Crippen LogP contribution in [-0.4, -0.2) is 97.2 Å². The number of unbranched alkanes of at least 4 members (excludes halogenated alkanes) is 14. The van der Waals surface area contributed by atoms with E-state index in [9.17, 15) is 29.4 Å². The second-order valence-electron chi connectivity index (χ2n) is 17.5. The fourth-order valence-electron chi connectivity index (χ4n) is 7.91. The number of esters is 2. The van der Waals surface area contributed by atoms with Crippen molar-refractivity contribution in [3.63, 3.8) is 0 Å². The Morgan fingerprint density at radius 1 is 0.415 bits per heavy atom. The molecule has 0 aromatic heterocycles. The van der Waals surface area contributed by atoms with E-state index >= 15 is 0 Å². The molecule has 0 radical (unpaired) electrons. The Morgan fingerprint density at radius 3 is 1.02 bits per heavy atom. The molecule has 65 heavy (non-hydrogen) atoms. The second kappa shape index (κ2) is 44.3. The van der Waals surface area contributed by atoms with Crippen LogP contribution in [0.25, 0.3) is 0 Å². The Kier molecular flexibility index (Phi) is 42.8. The molecule has 0 saturated heterocycles. The van der Waals surface area contributed by atoms with Gasteiger partial charge in [0.15, 0.2) is 0 Å². The van der Waals surface area contributed by atoms with Crippen molar-refractivity contribution in [3.8, 4) is 0 Å². The van der Waals surface area contributed by atoms with Crippen LogP contribution in [0.4, 0.5) is 0 Å². The van der Waals surface area contributed by atoms with Gasteiger partial charge in [-0.3, -0.25) is 9.59 Å². The van der Waals surface area contributed by atoms with E-state index in [4.69, 9.17) is 18.9 Å². The van der Waals surface area contributed by atoms with Gasteiger partial charge in [0, 0.05) is 25.8 Å². The number of hydrogen-bond donors (Lipinski definition) is 0. The molecular weight excluding hydrogens is 946 g/mol. The smallest absolute Gasteiger partial charge is 0.550 e. The van der Waals surface area contributed by atoms with Gasteiger partial charge in [-0.1, -0.05) is 177 Å². The van der Waals surface area contributed by atoms with Crippen LogP contribution in [0, 0.1) is 0 Å². The molecule has 0 heterocycles. The van der Waals surface area contributed by atoms with Crippen LogP contribution < -0.4 is 10.2 Å². The third-order valence-corrected chi connectivity index (χ3v) is 11.5. The van der Waals surface area contributed by atoms with Gasteiger partial charge in [0.05, 0.1) is 25.4 Å². The van der Waals surface area contributed by atoms with Crippen LogP contribution in [0.2, 0.25) is 0 Å². The Balaban J connectivity index is 0.00000124. The molecule has 0 fully saturated rings. The maximum atomic E-state index is 11.3. The topological polar surface area (TPSA) is 151 Å². The molecule has 2 aromatic carbocycles. The molecule has 0 N–H and O–H groups in total.